The van der Waals surface area contributed by atoms with Gasteiger partial charge in [0.2, 0.25) is 5.91 Å². The van der Waals surface area contributed by atoms with Crippen LogP contribution in [0.4, 0.5) is 11.4 Å². The van der Waals surface area contributed by atoms with Crippen LogP contribution in [-0.4, -0.2) is 28.9 Å². The lowest BCUT2D eigenvalue weighted by atomic mass is 10.1. The van der Waals surface area contributed by atoms with E-state index in [1.54, 1.807) is 85.8 Å². The van der Waals surface area contributed by atoms with Crippen LogP contribution < -0.4 is 21.7 Å². The third-order valence-electron chi connectivity index (χ3n) is 5.58. The molecule has 1 atom stereocenters. The van der Waals surface area contributed by atoms with Gasteiger partial charge in [0, 0.05) is 21.0 Å². The van der Waals surface area contributed by atoms with Gasteiger partial charge in [-0.1, -0.05) is 42.5 Å². The minimum absolute atomic E-state index is 0.0928. The molecule has 1 unspecified atom stereocenters. The molecular formula is C30H26N4O4S2. The average Bonchev–Trinajstić information content (AvgIpc) is 3.46. The monoisotopic (exact) mass is 570 g/mol. The number of rotatable bonds is 10. The number of anilines is 2. The van der Waals surface area contributed by atoms with Crippen LogP contribution in [0.25, 0.3) is 6.08 Å². The number of carbonyl (C=O) groups is 4. The summed E-state index contributed by atoms with van der Waals surface area (Å²) in [5.74, 6) is -1.83. The number of primary amides is 1. The topological polar surface area (TPSA) is 130 Å². The molecule has 10 heteroatoms. The molecule has 0 bridgehead atoms. The van der Waals surface area contributed by atoms with Crippen molar-refractivity contribution >= 4 is 64.2 Å². The molecule has 4 amide bonds. The molecule has 1 aromatic heterocycles. The predicted molar refractivity (Wildman–Crippen MR) is 160 cm³/mol. The highest BCUT2D eigenvalue weighted by molar-refractivity contribution is 8.00. The summed E-state index contributed by atoms with van der Waals surface area (Å²) in [5, 5.41) is 9.65. The number of para-hydroxylation sites is 1. The summed E-state index contributed by atoms with van der Waals surface area (Å²) in [7, 11) is 0. The van der Waals surface area contributed by atoms with E-state index in [-0.39, 0.29) is 17.2 Å². The molecule has 0 spiro atoms. The number of carbonyl (C=O) groups excluding carboxylic acids is 4. The lowest BCUT2D eigenvalue weighted by molar-refractivity contribution is -0.115. The van der Waals surface area contributed by atoms with E-state index in [9.17, 15) is 19.2 Å². The molecule has 0 aliphatic heterocycles. The normalized spacial score (nSPS) is 11.8. The smallest absolute Gasteiger partial charge is 0.272 e. The number of benzene rings is 3. The Bertz CT molecular complexity index is 1550. The molecule has 0 saturated carbocycles. The molecule has 4 rings (SSSR count). The van der Waals surface area contributed by atoms with Gasteiger partial charge in [-0.3, -0.25) is 19.2 Å². The van der Waals surface area contributed by atoms with E-state index < -0.39 is 23.0 Å². The van der Waals surface area contributed by atoms with Gasteiger partial charge >= 0.3 is 0 Å². The minimum Gasteiger partial charge on any atom is -0.366 e. The Morgan fingerprint density at radius 3 is 2.35 bits per heavy atom. The number of thiophene rings is 1. The Morgan fingerprint density at radius 2 is 1.62 bits per heavy atom. The lowest BCUT2D eigenvalue weighted by Gasteiger charge is -2.15. The first-order valence-electron chi connectivity index (χ1n) is 12.2. The molecule has 40 heavy (non-hydrogen) atoms. The van der Waals surface area contributed by atoms with Gasteiger partial charge in [-0.25, -0.2) is 0 Å². The zero-order chi connectivity index (χ0) is 28.5. The first-order chi connectivity index (χ1) is 19.3. The number of thioether (sulfide) groups is 1. The van der Waals surface area contributed by atoms with Crippen molar-refractivity contribution in [2.24, 2.45) is 5.73 Å². The fraction of sp³-hybridized carbons (Fsp3) is 0.0667. The molecule has 4 aromatic rings. The molecule has 3 aromatic carbocycles. The van der Waals surface area contributed by atoms with Gasteiger partial charge in [0.15, 0.2) is 0 Å². The summed E-state index contributed by atoms with van der Waals surface area (Å²) in [4.78, 5) is 52.0. The second-order valence-corrected chi connectivity index (χ2v) is 10.9. The van der Waals surface area contributed by atoms with Crippen molar-refractivity contribution in [3.63, 3.8) is 0 Å². The van der Waals surface area contributed by atoms with Crippen molar-refractivity contribution in [1.29, 1.82) is 0 Å². The zero-order valence-corrected chi connectivity index (χ0v) is 23.1. The number of nitrogens with two attached hydrogens (primary N) is 1. The van der Waals surface area contributed by atoms with Crippen LogP contribution in [-0.2, 0) is 9.59 Å². The maximum absolute atomic E-state index is 13.2. The second kappa shape index (κ2) is 13.4. The van der Waals surface area contributed by atoms with Crippen LogP contribution in [0.3, 0.4) is 0 Å². The van der Waals surface area contributed by atoms with E-state index in [1.165, 1.54) is 23.1 Å². The first-order valence-corrected chi connectivity index (χ1v) is 14.0. The number of amides is 4. The molecule has 0 aliphatic rings. The summed E-state index contributed by atoms with van der Waals surface area (Å²) >= 11 is 2.72. The fourth-order valence-electron chi connectivity index (χ4n) is 3.60. The molecular weight excluding hydrogens is 544 g/mol. The average molecular weight is 571 g/mol. The second-order valence-electron chi connectivity index (χ2n) is 8.53. The van der Waals surface area contributed by atoms with Crippen LogP contribution >= 0.6 is 23.1 Å². The number of hydrogen-bond acceptors (Lipinski definition) is 6. The van der Waals surface area contributed by atoms with Crippen LogP contribution in [0.1, 0.15) is 32.5 Å². The molecule has 0 fully saturated rings. The van der Waals surface area contributed by atoms with E-state index in [4.69, 9.17) is 5.73 Å². The Kier molecular flexibility index (Phi) is 9.50. The van der Waals surface area contributed by atoms with Gasteiger partial charge in [0.1, 0.15) is 5.70 Å². The van der Waals surface area contributed by atoms with Gasteiger partial charge in [0.05, 0.1) is 16.5 Å². The number of hydrogen-bond donors (Lipinski definition) is 4. The number of nitrogens with one attached hydrogen (secondary N) is 3. The first kappa shape index (κ1) is 28.3. The molecule has 1 heterocycles. The lowest BCUT2D eigenvalue weighted by Crippen LogP contribution is -2.30. The Morgan fingerprint density at radius 1 is 0.875 bits per heavy atom. The van der Waals surface area contributed by atoms with Crippen LogP contribution in [0.5, 0.6) is 0 Å². The van der Waals surface area contributed by atoms with E-state index in [2.05, 4.69) is 16.0 Å². The quantitative estimate of drug-likeness (QED) is 0.150. The largest absolute Gasteiger partial charge is 0.366 e. The zero-order valence-electron chi connectivity index (χ0n) is 21.4. The Balaban J connectivity index is 1.45. The van der Waals surface area contributed by atoms with Gasteiger partial charge in [-0.15, -0.1) is 23.1 Å². The van der Waals surface area contributed by atoms with Gasteiger partial charge < -0.3 is 21.7 Å². The summed E-state index contributed by atoms with van der Waals surface area (Å²) in [6, 6.07) is 25.9. The van der Waals surface area contributed by atoms with E-state index >= 15 is 0 Å². The van der Waals surface area contributed by atoms with Crippen LogP contribution in [0.15, 0.2) is 107 Å². The highest BCUT2D eigenvalue weighted by Crippen LogP contribution is 2.27. The Labute approximate surface area is 239 Å². The summed E-state index contributed by atoms with van der Waals surface area (Å²) in [5.41, 5.74) is 6.99. The fourth-order valence-corrected chi connectivity index (χ4v) is 5.19. The highest BCUT2D eigenvalue weighted by atomic mass is 32.2. The predicted octanol–water partition coefficient (Wildman–Crippen LogP) is 5.38. The van der Waals surface area contributed by atoms with Gasteiger partial charge in [-0.05, 0) is 66.9 Å². The third kappa shape index (κ3) is 7.68. The molecule has 202 valence electrons. The van der Waals surface area contributed by atoms with E-state index in [0.717, 1.165) is 9.77 Å². The molecule has 8 nitrogen and oxygen atoms in total. The van der Waals surface area contributed by atoms with Crippen molar-refractivity contribution in [2.75, 3.05) is 10.6 Å². The third-order valence-corrected chi connectivity index (χ3v) is 7.50. The van der Waals surface area contributed by atoms with E-state index in [0.29, 0.717) is 16.9 Å². The summed E-state index contributed by atoms with van der Waals surface area (Å²) in [6.45, 7) is 1.74. The molecule has 0 radical (unpaired) electrons. The highest BCUT2D eigenvalue weighted by Gasteiger charge is 2.19. The van der Waals surface area contributed by atoms with Crippen molar-refractivity contribution in [3.8, 4) is 0 Å². The van der Waals surface area contributed by atoms with Crippen molar-refractivity contribution in [3.05, 3.63) is 118 Å². The molecule has 5 N–H and O–H groups in total. The Hall–Kier alpha value is -4.67. The van der Waals surface area contributed by atoms with Gasteiger partial charge in [-0.2, -0.15) is 0 Å². The molecule has 0 aliphatic carbocycles. The maximum atomic E-state index is 13.2. The van der Waals surface area contributed by atoms with Gasteiger partial charge in [0.25, 0.3) is 17.7 Å². The standard InChI is InChI=1S/C30H26N4O4S2/c1-19(28(36)33-25-15-6-5-14-24(25)27(31)35)40-23-12-7-11-21(17-23)32-30(38)26(18-22-13-8-16-39-22)34-29(37)20-9-3-2-4-10-20/h2-19H,1H3,(H2,31,35)(H,32,38)(H,33,36)(H,34,37)/b26-18+. The SMILES string of the molecule is CC(Sc1cccc(NC(=O)/C(=C\c2cccs2)NC(=O)c2ccccc2)c1)C(=O)Nc1ccccc1C(N)=O. The molecule has 0 saturated heterocycles. The van der Waals surface area contributed by atoms with E-state index in [1.807, 2.05) is 23.6 Å². The maximum Gasteiger partial charge on any atom is 0.272 e. The minimum atomic E-state index is -0.632. The van der Waals surface area contributed by atoms with Crippen molar-refractivity contribution in [2.45, 2.75) is 17.1 Å². The van der Waals surface area contributed by atoms with Crippen molar-refractivity contribution < 1.29 is 19.2 Å². The van der Waals surface area contributed by atoms with Crippen LogP contribution in [0, 0.1) is 0 Å². The summed E-state index contributed by atoms with van der Waals surface area (Å²) in [6.07, 6.45) is 1.62. The van der Waals surface area contributed by atoms with Crippen molar-refractivity contribution in [1.82, 2.24) is 5.32 Å². The summed E-state index contributed by atoms with van der Waals surface area (Å²) < 4.78 is 0. The van der Waals surface area contributed by atoms with Crippen LogP contribution in [0.2, 0.25) is 0 Å².